The molecule has 25 heavy (non-hydrogen) atoms. The zero-order valence-corrected chi connectivity index (χ0v) is 14.5. The van der Waals surface area contributed by atoms with Crippen molar-refractivity contribution in [2.45, 2.75) is 25.8 Å². The number of benzene rings is 1. The molecule has 0 radical (unpaired) electrons. The van der Waals surface area contributed by atoms with Crippen LogP contribution in [0.15, 0.2) is 36.8 Å². The van der Waals surface area contributed by atoms with Gasteiger partial charge in [-0.05, 0) is 31.0 Å². The number of fused-ring (bicyclic) bond motifs is 1. The normalized spacial score (nSPS) is 17.0. The van der Waals surface area contributed by atoms with Gasteiger partial charge in [-0.25, -0.2) is 9.97 Å². The van der Waals surface area contributed by atoms with Gasteiger partial charge in [0.2, 0.25) is 0 Å². The standard InChI is InChI=1S/C18H18ClN5O/c1-2-24-10-20-9-15(24)17-22-14-7-12(8-21-18(25)16(14)23-17)11-3-5-13(19)6-4-11/h3-6,9-10,12H,2,7-8H2,1H3,(H,21,25)(H,22,23). The summed E-state index contributed by atoms with van der Waals surface area (Å²) in [6.07, 6.45) is 4.23. The maximum Gasteiger partial charge on any atom is 0.271 e. The number of halogens is 1. The van der Waals surface area contributed by atoms with Crippen LogP contribution in [-0.4, -0.2) is 32.0 Å². The third-order valence-corrected chi connectivity index (χ3v) is 4.84. The number of hydrogen-bond donors (Lipinski definition) is 2. The first-order valence-electron chi connectivity index (χ1n) is 8.28. The van der Waals surface area contributed by atoms with E-state index in [1.165, 1.54) is 0 Å². The molecule has 0 spiro atoms. The van der Waals surface area contributed by atoms with Crippen LogP contribution in [0, 0.1) is 0 Å². The fourth-order valence-corrected chi connectivity index (χ4v) is 3.35. The molecule has 0 aliphatic carbocycles. The van der Waals surface area contributed by atoms with Crippen molar-refractivity contribution in [1.82, 2.24) is 24.8 Å². The molecule has 1 aromatic carbocycles. The Kier molecular flexibility index (Phi) is 4.05. The Morgan fingerprint density at radius 3 is 2.88 bits per heavy atom. The van der Waals surface area contributed by atoms with Crippen molar-refractivity contribution in [3.05, 3.63) is 58.8 Å². The van der Waals surface area contributed by atoms with E-state index < -0.39 is 0 Å². The Bertz CT molecular complexity index is 912. The van der Waals surface area contributed by atoms with E-state index in [0.717, 1.165) is 23.5 Å². The van der Waals surface area contributed by atoms with Gasteiger partial charge in [-0.15, -0.1) is 0 Å². The second-order valence-corrected chi connectivity index (χ2v) is 6.58. The highest BCUT2D eigenvalue weighted by molar-refractivity contribution is 6.30. The number of aryl methyl sites for hydroxylation is 1. The first kappa shape index (κ1) is 15.9. The Balaban J connectivity index is 1.70. The smallest absolute Gasteiger partial charge is 0.271 e. The zero-order chi connectivity index (χ0) is 17.4. The minimum atomic E-state index is -0.142. The van der Waals surface area contributed by atoms with E-state index in [1.807, 2.05) is 35.8 Å². The van der Waals surface area contributed by atoms with Crippen LogP contribution < -0.4 is 5.32 Å². The molecule has 1 aliphatic rings. The van der Waals surface area contributed by atoms with Crippen LogP contribution in [0.1, 0.15) is 34.6 Å². The number of hydrogen-bond acceptors (Lipinski definition) is 3. The van der Waals surface area contributed by atoms with Gasteiger partial charge < -0.3 is 14.9 Å². The number of aromatic amines is 1. The predicted molar refractivity (Wildman–Crippen MR) is 95.7 cm³/mol. The zero-order valence-electron chi connectivity index (χ0n) is 13.8. The van der Waals surface area contributed by atoms with Gasteiger partial charge in [-0.3, -0.25) is 4.79 Å². The van der Waals surface area contributed by atoms with E-state index in [-0.39, 0.29) is 11.8 Å². The van der Waals surface area contributed by atoms with Crippen LogP contribution in [0.25, 0.3) is 11.5 Å². The first-order valence-corrected chi connectivity index (χ1v) is 8.66. The number of nitrogens with zero attached hydrogens (tertiary/aromatic N) is 3. The van der Waals surface area contributed by atoms with Crippen LogP contribution in [0.5, 0.6) is 0 Å². The fraction of sp³-hybridized carbons (Fsp3) is 0.278. The van der Waals surface area contributed by atoms with E-state index in [4.69, 9.17) is 11.6 Å². The van der Waals surface area contributed by atoms with Crippen molar-refractivity contribution in [2.24, 2.45) is 0 Å². The minimum Gasteiger partial charge on any atom is -0.350 e. The van der Waals surface area contributed by atoms with Crippen LogP contribution in [0.3, 0.4) is 0 Å². The van der Waals surface area contributed by atoms with Gasteiger partial charge >= 0.3 is 0 Å². The van der Waals surface area contributed by atoms with Crippen molar-refractivity contribution in [2.75, 3.05) is 6.54 Å². The largest absolute Gasteiger partial charge is 0.350 e. The summed E-state index contributed by atoms with van der Waals surface area (Å²) in [6, 6.07) is 7.77. The Morgan fingerprint density at radius 1 is 1.32 bits per heavy atom. The van der Waals surface area contributed by atoms with Crippen molar-refractivity contribution < 1.29 is 4.79 Å². The molecule has 3 aromatic rings. The van der Waals surface area contributed by atoms with Gasteiger partial charge in [0, 0.05) is 29.7 Å². The SMILES string of the molecule is CCn1cncc1-c1nc2c([nH]1)CC(c1ccc(Cl)cc1)CNC2=O. The number of aromatic nitrogens is 4. The average molecular weight is 356 g/mol. The summed E-state index contributed by atoms with van der Waals surface area (Å²) in [5.41, 5.74) is 3.35. The number of H-pyrrole nitrogens is 1. The lowest BCUT2D eigenvalue weighted by Crippen LogP contribution is -2.26. The number of rotatable bonds is 3. The number of amides is 1. The molecule has 1 unspecified atom stereocenters. The Morgan fingerprint density at radius 2 is 2.12 bits per heavy atom. The molecule has 0 fully saturated rings. The molecule has 2 aromatic heterocycles. The summed E-state index contributed by atoms with van der Waals surface area (Å²) in [6.45, 7) is 3.41. The van der Waals surface area contributed by atoms with Gasteiger partial charge in [0.25, 0.3) is 5.91 Å². The number of nitrogens with one attached hydrogen (secondary N) is 2. The molecule has 1 atom stereocenters. The highest BCUT2D eigenvalue weighted by Crippen LogP contribution is 2.27. The molecule has 2 N–H and O–H groups in total. The second-order valence-electron chi connectivity index (χ2n) is 6.14. The lowest BCUT2D eigenvalue weighted by molar-refractivity contribution is 0.0950. The highest BCUT2D eigenvalue weighted by Gasteiger charge is 2.27. The van der Waals surface area contributed by atoms with Crippen molar-refractivity contribution >= 4 is 17.5 Å². The van der Waals surface area contributed by atoms with Crippen LogP contribution >= 0.6 is 11.6 Å². The summed E-state index contributed by atoms with van der Waals surface area (Å²) in [5.74, 6) is 0.708. The lowest BCUT2D eigenvalue weighted by atomic mass is 9.94. The molecule has 0 bridgehead atoms. The molecule has 4 rings (SSSR count). The third-order valence-electron chi connectivity index (χ3n) is 4.59. The third kappa shape index (κ3) is 2.93. The maximum atomic E-state index is 12.4. The summed E-state index contributed by atoms with van der Waals surface area (Å²) < 4.78 is 1.99. The van der Waals surface area contributed by atoms with Gasteiger partial charge in [-0.1, -0.05) is 23.7 Å². The van der Waals surface area contributed by atoms with Crippen LogP contribution in [-0.2, 0) is 13.0 Å². The Hall–Kier alpha value is -2.60. The monoisotopic (exact) mass is 355 g/mol. The van der Waals surface area contributed by atoms with E-state index in [9.17, 15) is 4.79 Å². The van der Waals surface area contributed by atoms with Gasteiger partial charge in [-0.2, -0.15) is 0 Å². The topological polar surface area (TPSA) is 75.6 Å². The van der Waals surface area contributed by atoms with Gasteiger partial charge in [0.05, 0.1) is 12.5 Å². The fourth-order valence-electron chi connectivity index (χ4n) is 3.22. The van der Waals surface area contributed by atoms with Crippen molar-refractivity contribution in [3.63, 3.8) is 0 Å². The molecule has 6 nitrogen and oxygen atoms in total. The Labute approximate surface area is 150 Å². The molecule has 1 aliphatic heterocycles. The molecule has 7 heteroatoms. The molecule has 1 amide bonds. The average Bonchev–Trinajstić information content (AvgIpc) is 3.22. The molecule has 0 saturated carbocycles. The van der Waals surface area contributed by atoms with E-state index in [2.05, 4.69) is 20.3 Å². The molecule has 128 valence electrons. The molecule has 3 heterocycles. The van der Waals surface area contributed by atoms with Crippen molar-refractivity contribution in [3.8, 4) is 11.5 Å². The minimum absolute atomic E-state index is 0.142. The van der Waals surface area contributed by atoms with Crippen LogP contribution in [0.2, 0.25) is 5.02 Å². The maximum absolute atomic E-state index is 12.4. The number of carbonyl (C=O) groups is 1. The summed E-state index contributed by atoms with van der Waals surface area (Å²) in [4.78, 5) is 24.5. The molecular weight excluding hydrogens is 338 g/mol. The highest BCUT2D eigenvalue weighted by atomic mass is 35.5. The second kappa shape index (κ2) is 6.37. The predicted octanol–water partition coefficient (Wildman–Crippen LogP) is 3.02. The van der Waals surface area contributed by atoms with E-state index >= 15 is 0 Å². The van der Waals surface area contributed by atoms with E-state index in [1.54, 1.807) is 12.5 Å². The first-order chi connectivity index (χ1) is 12.2. The summed E-state index contributed by atoms with van der Waals surface area (Å²) >= 11 is 5.98. The number of carbonyl (C=O) groups excluding carboxylic acids is 1. The lowest BCUT2D eigenvalue weighted by Gasteiger charge is -2.14. The van der Waals surface area contributed by atoms with E-state index in [0.29, 0.717) is 29.5 Å². The number of imidazole rings is 2. The summed E-state index contributed by atoms with van der Waals surface area (Å²) in [7, 11) is 0. The molecular formula is C18H18ClN5O. The molecule has 0 saturated heterocycles. The quantitative estimate of drug-likeness (QED) is 0.758. The van der Waals surface area contributed by atoms with Crippen molar-refractivity contribution in [1.29, 1.82) is 0 Å². The van der Waals surface area contributed by atoms with Gasteiger partial charge in [0.1, 0.15) is 11.4 Å². The van der Waals surface area contributed by atoms with Crippen LogP contribution in [0.4, 0.5) is 0 Å². The van der Waals surface area contributed by atoms with Gasteiger partial charge in [0.15, 0.2) is 5.82 Å². The summed E-state index contributed by atoms with van der Waals surface area (Å²) in [5, 5.41) is 3.68.